The maximum Gasteiger partial charge on any atom is 0.101 e. The number of rotatable bonds is 4. The van der Waals surface area contributed by atoms with Gasteiger partial charge in [-0.1, -0.05) is 20.3 Å². The Morgan fingerprint density at radius 3 is 2.57 bits per heavy atom. The van der Waals surface area contributed by atoms with Crippen LogP contribution in [-0.2, 0) is 5.60 Å². The fourth-order valence-corrected chi connectivity index (χ4v) is 9.09. The van der Waals surface area contributed by atoms with Crippen molar-refractivity contribution < 1.29 is 14.6 Å². The zero-order valence-electron chi connectivity index (χ0n) is 18.9. The molecule has 1 aromatic rings. The van der Waals surface area contributed by atoms with Gasteiger partial charge in [0.1, 0.15) is 5.60 Å². The highest BCUT2D eigenvalue weighted by Gasteiger charge is 2.72. The molecule has 4 aliphatic carbocycles. The summed E-state index contributed by atoms with van der Waals surface area (Å²) >= 11 is 0. The highest BCUT2D eigenvalue weighted by atomic mass is 16.3. The first kappa shape index (κ1) is 21.0. The minimum absolute atomic E-state index is 0.298. The van der Waals surface area contributed by atoms with Gasteiger partial charge in [-0.3, -0.25) is 0 Å². The first-order chi connectivity index (χ1) is 14.3. The highest BCUT2D eigenvalue weighted by molar-refractivity contribution is 5.30. The van der Waals surface area contributed by atoms with Crippen molar-refractivity contribution >= 4 is 0 Å². The molecule has 8 atom stereocenters. The first-order valence-electron chi connectivity index (χ1n) is 12.5. The summed E-state index contributed by atoms with van der Waals surface area (Å²) in [5.74, 6) is 2.46. The Morgan fingerprint density at radius 1 is 1.03 bits per heavy atom. The monoisotopic (exact) mass is 415 g/mol. The molecule has 4 N–H and O–H groups in total. The molecule has 0 spiro atoms. The van der Waals surface area contributed by atoms with E-state index in [1.807, 2.05) is 6.07 Å². The van der Waals surface area contributed by atoms with Crippen molar-refractivity contribution in [1.29, 1.82) is 0 Å². The van der Waals surface area contributed by atoms with Crippen molar-refractivity contribution in [3.8, 4) is 0 Å². The molecule has 0 aliphatic heterocycles. The van der Waals surface area contributed by atoms with E-state index >= 15 is 0 Å². The molecule has 4 aliphatic rings. The molecular formula is C26H41NO3. The largest absolute Gasteiger partial charge is 0.472 e. The van der Waals surface area contributed by atoms with Crippen LogP contribution in [-0.4, -0.2) is 22.4 Å². The lowest BCUT2D eigenvalue weighted by atomic mass is 9.42. The number of hydrogen-bond acceptors (Lipinski definition) is 4. The lowest BCUT2D eigenvalue weighted by Gasteiger charge is -2.64. The van der Waals surface area contributed by atoms with Gasteiger partial charge in [0, 0.05) is 11.0 Å². The van der Waals surface area contributed by atoms with Gasteiger partial charge in [-0.05, 0) is 106 Å². The van der Waals surface area contributed by atoms with Crippen LogP contribution < -0.4 is 5.73 Å². The zero-order chi connectivity index (χ0) is 21.2. The normalized spacial score (nSPS) is 50.6. The Bertz CT molecular complexity index is 764. The number of nitrogens with two attached hydrogens (primary N) is 1. The standard InChI is InChI=1S/C26H41NO3/c1-23-16-18(4-3-14-27)5-6-19(23)7-8-22-21(23)9-11-24(2)25(28,12-13-26(22,24)29)20-10-15-30-17-20/h10,15,17-19,21-22,28-29H,3-9,11-14,16,27H2,1-2H3/t18?,19?,21-,22-,23+,24-,25?,26-/m1/s1. The summed E-state index contributed by atoms with van der Waals surface area (Å²) in [6, 6.07) is 1.89. The summed E-state index contributed by atoms with van der Waals surface area (Å²) in [7, 11) is 0. The van der Waals surface area contributed by atoms with Gasteiger partial charge in [-0.15, -0.1) is 0 Å². The van der Waals surface area contributed by atoms with Gasteiger partial charge in [0.25, 0.3) is 0 Å². The van der Waals surface area contributed by atoms with Crippen LogP contribution in [0.5, 0.6) is 0 Å². The third-order valence-electron chi connectivity index (χ3n) is 10.9. The minimum atomic E-state index is -0.992. The maximum atomic E-state index is 12.3. The molecule has 0 bridgehead atoms. The molecule has 1 heterocycles. The molecule has 0 amide bonds. The van der Waals surface area contributed by atoms with E-state index in [0.29, 0.717) is 30.1 Å². The van der Waals surface area contributed by atoms with E-state index in [2.05, 4.69) is 13.8 Å². The molecular weight excluding hydrogens is 374 g/mol. The van der Waals surface area contributed by atoms with Crippen LogP contribution in [0.15, 0.2) is 23.0 Å². The van der Waals surface area contributed by atoms with Gasteiger partial charge in [-0.25, -0.2) is 0 Å². The Morgan fingerprint density at radius 2 is 1.83 bits per heavy atom. The van der Waals surface area contributed by atoms with Gasteiger partial charge in [0.05, 0.1) is 18.1 Å². The molecule has 5 rings (SSSR count). The molecule has 1 aromatic heterocycles. The molecule has 168 valence electrons. The third-order valence-corrected chi connectivity index (χ3v) is 10.9. The van der Waals surface area contributed by atoms with Crippen LogP contribution in [0.2, 0.25) is 0 Å². The maximum absolute atomic E-state index is 12.3. The summed E-state index contributed by atoms with van der Waals surface area (Å²) < 4.78 is 5.34. The summed E-state index contributed by atoms with van der Waals surface area (Å²) in [5.41, 5.74) is 4.69. The van der Waals surface area contributed by atoms with Crippen molar-refractivity contribution in [3.63, 3.8) is 0 Å². The fourth-order valence-electron chi connectivity index (χ4n) is 9.09. The Balaban J connectivity index is 1.46. The molecule has 4 heteroatoms. The minimum Gasteiger partial charge on any atom is -0.472 e. The highest BCUT2D eigenvalue weighted by Crippen LogP contribution is 2.71. The van der Waals surface area contributed by atoms with Crippen molar-refractivity contribution in [2.75, 3.05) is 6.54 Å². The van der Waals surface area contributed by atoms with Crippen LogP contribution in [0, 0.1) is 34.5 Å². The van der Waals surface area contributed by atoms with E-state index < -0.39 is 16.6 Å². The van der Waals surface area contributed by atoms with Crippen LogP contribution in [0.1, 0.15) is 90.0 Å². The predicted octanol–water partition coefficient (Wildman–Crippen LogP) is 4.98. The molecule has 0 aromatic carbocycles. The summed E-state index contributed by atoms with van der Waals surface area (Å²) in [5, 5.41) is 24.2. The van der Waals surface area contributed by atoms with Crippen molar-refractivity contribution in [2.45, 2.75) is 95.7 Å². The lowest BCUT2D eigenvalue weighted by Crippen LogP contribution is -2.64. The number of hydrogen-bond donors (Lipinski definition) is 3. The smallest absolute Gasteiger partial charge is 0.101 e. The molecule has 0 radical (unpaired) electrons. The summed E-state index contributed by atoms with van der Waals surface area (Å²) in [4.78, 5) is 0. The topological polar surface area (TPSA) is 79.6 Å². The quantitative estimate of drug-likeness (QED) is 0.648. The SMILES string of the molecule is C[C@]12CC(CCCN)CCC1CC[C@@H]1[C@H]2CC[C@]2(C)C(O)(c3ccoc3)CC[C@@]12O. The van der Waals surface area contributed by atoms with Gasteiger partial charge in [0.2, 0.25) is 0 Å². The average Bonchev–Trinajstić information content (AvgIpc) is 3.34. The van der Waals surface area contributed by atoms with Crippen LogP contribution >= 0.6 is 0 Å². The third kappa shape index (κ3) is 2.62. The summed E-state index contributed by atoms with van der Waals surface area (Å²) in [6.45, 7) is 5.50. The van der Waals surface area contributed by atoms with Crippen molar-refractivity contribution in [3.05, 3.63) is 24.2 Å². The molecule has 30 heavy (non-hydrogen) atoms. The second-order valence-corrected chi connectivity index (χ2v) is 11.7. The fraction of sp³-hybridized carbons (Fsp3) is 0.846. The second kappa shape index (κ2) is 7.08. The van der Waals surface area contributed by atoms with Crippen LogP contribution in [0.25, 0.3) is 0 Å². The molecule has 4 saturated carbocycles. The van der Waals surface area contributed by atoms with Gasteiger partial charge in [-0.2, -0.15) is 0 Å². The molecule has 0 saturated heterocycles. The molecule has 4 fully saturated rings. The Hall–Kier alpha value is -0.840. The Kier molecular flexibility index (Phi) is 4.96. The van der Waals surface area contributed by atoms with E-state index in [1.54, 1.807) is 12.5 Å². The second-order valence-electron chi connectivity index (χ2n) is 11.7. The number of aliphatic hydroxyl groups is 2. The molecule has 3 unspecified atom stereocenters. The van der Waals surface area contributed by atoms with Crippen LogP contribution in [0.3, 0.4) is 0 Å². The lowest BCUT2D eigenvalue weighted by molar-refractivity contribution is -0.238. The summed E-state index contributed by atoms with van der Waals surface area (Å²) in [6.07, 6.45) is 15.4. The molecule has 4 nitrogen and oxygen atoms in total. The van der Waals surface area contributed by atoms with E-state index in [0.717, 1.165) is 49.6 Å². The van der Waals surface area contributed by atoms with E-state index in [-0.39, 0.29) is 0 Å². The van der Waals surface area contributed by atoms with E-state index in [9.17, 15) is 10.2 Å². The zero-order valence-corrected chi connectivity index (χ0v) is 18.9. The van der Waals surface area contributed by atoms with Gasteiger partial charge in [0.15, 0.2) is 0 Å². The van der Waals surface area contributed by atoms with Crippen molar-refractivity contribution in [2.24, 2.45) is 40.2 Å². The van der Waals surface area contributed by atoms with Crippen molar-refractivity contribution in [1.82, 2.24) is 0 Å². The van der Waals surface area contributed by atoms with Crippen LogP contribution in [0.4, 0.5) is 0 Å². The van der Waals surface area contributed by atoms with E-state index in [1.165, 1.54) is 32.1 Å². The first-order valence-corrected chi connectivity index (χ1v) is 12.5. The van der Waals surface area contributed by atoms with Gasteiger partial charge >= 0.3 is 0 Å². The van der Waals surface area contributed by atoms with Gasteiger partial charge < -0.3 is 20.4 Å². The van der Waals surface area contributed by atoms with E-state index in [4.69, 9.17) is 10.2 Å². The number of fused-ring (bicyclic) bond motifs is 5. The Labute approximate surface area is 181 Å². The number of furan rings is 1. The predicted molar refractivity (Wildman–Crippen MR) is 118 cm³/mol. The average molecular weight is 416 g/mol.